The molecule has 2 aromatic rings. The van der Waals surface area contributed by atoms with E-state index < -0.39 is 5.91 Å². The van der Waals surface area contributed by atoms with Gasteiger partial charge in [0.1, 0.15) is 17.3 Å². The molecule has 1 aromatic carbocycles. The van der Waals surface area contributed by atoms with E-state index in [0.717, 1.165) is 11.3 Å². The van der Waals surface area contributed by atoms with Crippen LogP contribution in [0.1, 0.15) is 23.0 Å². The Balaban J connectivity index is 2.05. The standard InChI is InChI=1S/C15H16N4O3/c1-22-11-4-2-9(3-5-11)14-17-8-12-15(21)18-7-10(19(12)14)6-13(16)20/h2-5,8,10H,6-7H2,1H3,(H2,16,20)(H,18,21). The number of amides is 2. The fourth-order valence-corrected chi connectivity index (χ4v) is 2.64. The average molecular weight is 300 g/mol. The number of hydrogen-bond acceptors (Lipinski definition) is 4. The lowest BCUT2D eigenvalue weighted by Crippen LogP contribution is -2.40. The monoisotopic (exact) mass is 300 g/mol. The molecule has 0 fully saturated rings. The van der Waals surface area contributed by atoms with Crippen molar-refractivity contribution in [3.63, 3.8) is 0 Å². The van der Waals surface area contributed by atoms with Crippen LogP contribution in [0.4, 0.5) is 0 Å². The number of methoxy groups -OCH3 is 1. The van der Waals surface area contributed by atoms with Crippen LogP contribution in [-0.2, 0) is 4.79 Å². The fourth-order valence-electron chi connectivity index (χ4n) is 2.64. The predicted molar refractivity (Wildman–Crippen MR) is 79.4 cm³/mol. The summed E-state index contributed by atoms with van der Waals surface area (Å²) in [5, 5.41) is 2.75. The van der Waals surface area contributed by atoms with Gasteiger partial charge in [0.25, 0.3) is 5.91 Å². The molecule has 0 radical (unpaired) electrons. The van der Waals surface area contributed by atoms with Crippen LogP contribution in [0.5, 0.6) is 5.75 Å². The van der Waals surface area contributed by atoms with Crippen LogP contribution in [0, 0.1) is 0 Å². The SMILES string of the molecule is COc1ccc(-c2ncc3n2C(CC(N)=O)CNC3=O)cc1. The van der Waals surface area contributed by atoms with Crippen LogP contribution in [0.25, 0.3) is 11.4 Å². The molecule has 7 nitrogen and oxygen atoms in total. The summed E-state index contributed by atoms with van der Waals surface area (Å²) in [6.45, 7) is 0.355. The van der Waals surface area contributed by atoms with Gasteiger partial charge in [0, 0.05) is 18.5 Å². The van der Waals surface area contributed by atoms with Crippen molar-refractivity contribution in [2.45, 2.75) is 12.5 Å². The second-order valence-corrected chi connectivity index (χ2v) is 5.10. The Morgan fingerprint density at radius 1 is 1.45 bits per heavy atom. The number of hydrogen-bond donors (Lipinski definition) is 2. The van der Waals surface area contributed by atoms with Crippen molar-refractivity contribution in [2.24, 2.45) is 5.73 Å². The summed E-state index contributed by atoms with van der Waals surface area (Å²) in [7, 11) is 1.60. The number of primary amides is 1. The van der Waals surface area contributed by atoms with Crippen molar-refractivity contribution in [1.29, 1.82) is 0 Å². The minimum Gasteiger partial charge on any atom is -0.497 e. The van der Waals surface area contributed by atoms with Crippen molar-refractivity contribution in [3.05, 3.63) is 36.2 Å². The Bertz CT molecular complexity index is 721. The van der Waals surface area contributed by atoms with Crippen molar-refractivity contribution in [3.8, 4) is 17.1 Å². The van der Waals surface area contributed by atoms with Gasteiger partial charge in [-0.3, -0.25) is 9.59 Å². The van der Waals surface area contributed by atoms with Gasteiger partial charge in [-0.25, -0.2) is 4.98 Å². The van der Waals surface area contributed by atoms with Crippen LogP contribution < -0.4 is 15.8 Å². The molecule has 7 heteroatoms. The van der Waals surface area contributed by atoms with Crippen LogP contribution in [0.2, 0.25) is 0 Å². The first-order chi connectivity index (χ1) is 10.6. The Morgan fingerprint density at radius 2 is 2.18 bits per heavy atom. The number of ether oxygens (including phenoxy) is 1. The van der Waals surface area contributed by atoms with E-state index in [-0.39, 0.29) is 18.4 Å². The summed E-state index contributed by atoms with van der Waals surface area (Å²) in [4.78, 5) is 27.6. The topological polar surface area (TPSA) is 99.2 Å². The molecule has 0 bridgehead atoms. The van der Waals surface area contributed by atoms with E-state index >= 15 is 0 Å². The average Bonchev–Trinajstić information content (AvgIpc) is 2.96. The molecule has 1 atom stereocenters. The maximum absolute atomic E-state index is 12.0. The number of nitrogens with zero attached hydrogens (tertiary/aromatic N) is 2. The molecule has 0 spiro atoms. The highest BCUT2D eigenvalue weighted by molar-refractivity contribution is 5.94. The lowest BCUT2D eigenvalue weighted by atomic mass is 10.1. The van der Waals surface area contributed by atoms with E-state index in [4.69, 9.17) is 10.5 Å². The number of carbonyl (C=O) groups is 2. The first kappa shape index (κ1) is 14.1. The molecule has 22 heavy (non-hydrogen) atoms. The minimum absolute atomic E-state index is 0.146. The summed E-state index contributed by atoms with van der Waals surface area (Å²) in [5.41, 5.74) is 6.59. The Hall–Kier alpha value is -2.83. The van der Waals surface area contributed by atoms with Gasteiger partial charge in [0.2, 0.25) is 5.91 Å². The van der Waals surface area contributed by atoms with Gasteiger partial charge >= 0.3 is 0 Å². The van der Waals surface area contributed by atoms with E-state index in [2.05, 4.69) is 10.3 Å². The second kappa shape index (κ2) is 5.51. The summed E-state index contributed by atoms with van der Waals surface area (Å²) in [6, 6.07) is 7.14. The highest BCUT2D eigenvalue weighted by Crippen LogP contribution is 2.28. The van der Waals surface area contributed by atoms with Crippen LogP contribution >= 0.6 is 0 Å². The van der Waals surface area contributed by atoms with E-state index in [0.29, 0.717) is 18.1 Å². The third-order valence-electron chi connectivity index (χ3n) is 3.68. The normalized spacial score (nSPS) is 16.8. The molecule has 3 N–H and O–H groups in total. The third kappa shape index (κ3) is 2.41. The molecular formula is C15H16N4O3. The van der Waals surface area contributed by atoms with Crippen molar-refractivity contribution in [1.82, 2.24) is 14.9 Å². The number of rotatable bonds is 4. The molecule has 114 valence electrons. The van der Waals surface area contributed by atoms with Gasteiger partial charge in [0.05, 0.1) is 19.3 Å². The number of nitrogens with one attached hydrogen (secondary N) is 1. The zero-order valence-corrected chi connectivity index (χ0v) is 12.1. The smallest absolute Gasteiger partial charge is 0.269 e. The van der Waals surface area contributed by atoms with Crippen LogP contribution in [0.3, 0.4) is 0 Å². The number of fused-ring (bicyclic) bond motifs is 1. The van der Waals surface area contributed by atoms with E-state index in [1.54, 1.807) is 11.7 Å². The number of benzene rings is 1. The first-order valence-corrected chi connectivity index (χ1v) is 6.88. The number of aromatic nitrogens is 2. The molecule has 0 aliphatic carbocycles. The Kier molecular flexibility index (Phi) is 3.54. The molecule has 1 aliphatic heterocycles. The quantitative estimate of drug-likeness (QED) is 0.869. The van der Waals surface area contributed by atoms with Gasteiger partial charge in [-0.2, -0.15) is 0 Å². The molecule has 2 heterocycles. The zero-order chi connectivity index (χ0) is 15.7. The first-order valence-electron chi connectivity index (χ1n) is 6.88. The van der Waals surface area contributed by atoms with E-state index in [1.165, 1.54) is 6.20 Å². The summed E-state index contributed by atoms with van der Waals surface area (Å²) in [6.07, 6.45) is 1.66. The second-order valence-electron chi connectivity index (χ2n) is 5.10. The van der Waals surface area contributed by atoms with Gasteiger partial charge in [-0.05, 0) is 24.3 Å². The van der Waals surface area contributed by atoms with Gasteiger partial charge in [-0.1, -0.05) is 0 Å². The molecule has 1 aromatic heterocycles. The summed E-state index contributed by atoms with van der Waals surface area (Å²) < 4.78 is 6.92. The number of nitrogens with two attached hydrogens (primary N) is 1. The Labute approximate surface area is 127 Å². The van der Waals surface area contributed by atoms with Gasteiger partial charge in [0.15, 0.2) is 0 Å². The lowest BCUT2D eigenvalue weighted by molar-refractivity contribution is -0.118. The van der Waals surface area contributed by atoms with Crippen LogP contribution in [-0.4, -0.2) is 35.0 Å². The maximum atomic E-state index is 12.0. The molecule has 0 saturated carbocycles. The summed E-state index contributed by atoms with van der Waals surface area (Å²) >= 11 is 0. The number of imidazole rings is 1. The predicted octanol–water partition coefficient (Wildman–Crippen LogP) is 0.719. The van der Waals surface area contributed by atoms with Crippen molar-refractivity contribution in [2.75, 3.05) is 13.7 Å². The third-order valence-corrected chi connectivity index (χ3v) is 3.68. The van der Waals surface area contributed by atoms with Gasteiger partial charge in [-0.15, -0.1) is 0 Å². The van der Waals surface area contributed by atoms with Crippen molar-refractivity contribution >= 4 is 11.8 Å². The number of carbonyl (C=O) groups excluding carboxylic acids is 2. The highest BCUT2D eigenvalue weighted by Gasteiger charge is 2.29. The van der Waals surface area contributed by atoms with Gasteiger partial charge < -0.3 is 20.4 Å². The molecule has 0 saturated heterocycles. The zero-order valence-electron chi connectivity index (χ0n) is 12.1. The minimum atomic E-state index is -0.415. The lowest BCUT2D eigenvalue weighted by Gasteiger charge is -2.26. The molecule has 1 aliphatic rings. The molecule has 3 rings (SSSR count). The largest absolute Gasteiger partial charge is 0.497 e. The fraction of sp³-hybridized carbons (Fsp3) is 0.267. The molecule has 1 unspecified atom stereocenters. The highest BCUT2D eigenvalue weighted by atomic mass is 16.5. The van der Waals surface area contributed by atoms with Crippen LogP contribution in [0.15, 0.2) is 30.5 Å². The molecule has 2 amide bonds. The Morgan fingerprint density at radius 3 is 2.82 bits per heavy atom. The van der Waals surface area contributed by atoms with E-state index in [1.807, 2.05) is 24.3 Å². The van der Waals surface area contributed by atoms with Crippen molar-refractivity contribution < 1.29 is 14.3 Å². The summed E-state index contributed by atoms with van der Waals surface area (Å²) in [5.74, 6) is 0.758. The maximum Gasteiger partial charge on any atom is 0.269 e. The van der Waals surface area contributed by atoms with E-state index in [9.17, 15) is 9.59 Å². The molecular weight excluding hydrogens is 284 g/mol.